The maximum atomic E-state index is 11.7. The van der Waals surface area contributed by atoms with Gasteiger partial charge in [-0.3, -0.25) is 4.79 Å². The van der Waals surface area contributed by atoms with E-state index in [0.29, 0.717) is 10.6 Å². The second kappa shape index (κ2) is 3.83. The van der Waals surface area contributed by atoms with E-state index in [4.69, 9.17) is 17.3 Å². The molecule has 0 heterocycles. The van der Waals surface area contributed by atoms with Crippen LogP contribution in [0.3, 0.4) is 0 Å². The van der Waals surface area contributed by atoms with Crippen molar-refractivity contribution < 1.29 is 4.79 Å². The summed E-state index contributed by atoms with van der Waals surface area (Å²) in [5.74, 6) is -0.102. The highest BCUT2D eigenvalue weighted by molar-refractivity contribution is 6.31. The molecule has 1 fully saturated rings. The zero-order chi connectivity index (χ0) is 11.0. The molecule has 0 aliphatic heterocycles. The first-order valence-electron chi connectivity index (χ1n) is 4.90. The van der Waals surface area contributed by atoms with E-state index in [9.17, 15) is 4.79 Å². The molecule has 15 heavy (non-hydrogen) atoms. The number of halogens is 1. The van der Waals surface area contributed by atoms with Gasteiger partial charge in [-0.2, -0.15) is 0 Å². The molecule has 0 spiro atoms. The number of rotatable bonds is 2. The van der Waals surface area contributed by atoms with Crippen molar-refractivity contribution in [1.29, 1.82) is 0 Å². The first kappa shape index (κ1) is 10.5. The Morgan fingerprint density at radius 2 is 2.27 bits per heavy atom. The van der Waals surface area contributed by atoms with Gasteiger partial charge >= 0.3 is 0 Å². The topological polar surface area (TPSA) is 55.1 Å². The molecular formula is C11H13ClN2O. The summed E-state index contributed by atoms with van der Waals surface area (Å²) in [6, 6.07) is 5.54. The summed E-state index contributed by atoms with van der Waals surface area (Å²) in [7, 11) is 0. The molecular weight excluding hydrogens is 212 g/mol. The average Bonchev–Trinajstić information content (AvgIpc) is 2.86. The van der Waals surface area contributed by atoms with Gasteiger partial charge in [0.1, 0.15) is 0 Å². The quantitative estimate of drug-likeness (QED) is 0.800. The molecule has 0 aromatic heterocycles. The van der Waals surface area contributed by atoms with Gasteiger partial charge in [0.05, 0.1) is 0 Å². The molecule has 3 N–H and O–H groups in total. The van der Waals surface area contributed by atoms with Gasteiger partial charge in [-0.1, -0.05) is 17.7 Å². The molecule has 1 aliphatic carbocycles. The van der Waals surface area contributed by atoms with Gasteiger partial charge in [0.15, 0.2) is 0 Å². The number of aryl methyl sites for hydroxylation is 1. The molecule has 80 valence electrons. The second-order valence-electron chi connectivity index (χ2n) is 3.94. The van der Waals surface area contributed by atoms with Crippen molar-refractivity contribution in [2.45, 2.75) is 25.4 Å². The van der Waals surface area contributed by atoms with Crippen molar-refractivity contribution in [3.05, 3.63) is 34.3 Å². The third kappa shape index (κ3) is 2.30. The van der Waals surface area contributed by atoms with Crippen LogP contribution in [0.15, 0.2) is 18.2 Å². The second-order valence-corrected chi connectivity index (χ2v) is 4.35. The van der Waals surface area contributed by atoms with E-state index in [1.807, 2.05) is 13.0 Å². The Morgan fingerprint density at radius 3 is 2.80 bits per heavy atom. The van der Waals surface area contributed by atoms with Gasteiger partial charge in [-0.15, -0.1) is 0 Å². The van der Waals surface area contributed by atoms with Crippen LogP contribution in [-0.4, -0.2) is 18.0 Å². The Bertz CT molecular complexity index is 406. The van der Waals surface area contributed by atoms with Crippen LogP contribution in [0.4, 0.5) is 0 Å². The molecule has 0 bridgehead atoms. The number of nitrogens with one attached hydrogen (secondary N) is 1. The zero-order valence-corrected chi connectivity index (χ0v) is 9.21. The Hall–Kier alpha value is -1.06. The van der Waals surface area contributed by atoms with Crippen molar-refractivity contribution in [3.63, 3.8) is 0 Å². The fraction of sp³-hybridized carbons (Fsp3) is 0.364. The summed E-state index contributed by atoms with van der Waals surface area (Å²) < 4.78 is 0. The number of carbonyl (C=O) groups excluding carboxylic acids is 1. The van der Waals surface area contributed by atoms with Gasteiger partial charge in [0.25, 0.3) is 5.91 Å². The average molecular weight is 225 g/mol. The minimum absolute atomic E-state index is 0.102. The molecule has 1 saturated carbocycles. The molecule has 1 amide bonds. The largest absolute Gasteiger partial charge is 0.348 e. The highest BCUT2D eigenvalue weighted by Gasteiger charge is 2.34. The summed E-state index contributed by atoms with van der Waals surface area (Å²) in [6.45, 7) is 1.90. The monoisotopic (exact) mass is 224 g/mol. The van der Waals surface area contributed by atoms with Crippen molar-refractivity contribution in [3.8, 4) is 0 Å². The minimum Gasteiger partial charge on any atom is -0.348 e. The summed E-state index contributed by atoms with van der Waals surface area (Å²) >= 11 is 5.93. The lowest BCUT2D eigenvalue weighted by molar-refractivity contribution is 0.0950. The molecule has 2 unspecified atom stereocenters. The third-order valence-electron chi connectivity index (χ3n) is 2.59. The number of hydrogen-bond acceptors (Lipinski definition) is 2. The summed E-state index contributed by atoms with van der Waals surface area (Å²) in [5, 5.41) is 3.46. The summed E-state index contributed by atoms with van der Waals surface area (Å²) in [4.78, 5) is 11.7. The SMILES string of the molecule is Cc1ccc(C(=O)NC2CC2N)cc1Cl. The predicted octanol–water partition coefficient (Wildman–Crippen LogP) is 1.48. The van der Waals surface area contributed by atoms with E-state index in [2.05, 4.69) is 5.32 Å². The van der Waals surface area contributed by atoms with Crippen LogP contribution in [0.25, 0.3) is 0 Å². The van der Waals surface area contributed by atoms with Crippen LogP contribution < -0.4 is 11.1 Å². The zero-order valence-electron chi connectivity index (χ0n) is 8.46. The maximum absolute atomic E-state index is 11.7. The molecule has 4 heteroatoms. The molecule has 3 nitrogen and oxygen atoms in total. The van der Waals surface area contributed by atoms with Crippen molar-refractivity contribution >= 4 is 17.5 Å². The van der Waals surface area contributed by atoms with Crippen molar-refractivity contribution in [1.82, 2.24) is 5.32 Å². The van der Waals surface area contributed by atoms with Gasteiger partial charge in [0, 0.05) is 22.7 Å². The standard InChI is InChI=1S/C11H13ClN2O/c1-6-2-3-7(4-8(6)12)11(15)14-10-5-9(10)13/h2-4,9-10H,5,13H2,1H3,(H,14,15). The first-order valence-corrected chi connectivity index (χ1v) is 5.28. The number of hydrogen-bond donors (Lipinski definition) is 2. The third-order valence-corrected chi connectivity index (χ3v) is 3.00. The summed E-state index contributed by atoms with van der Waals surface area (Å²) in [5.41, 5.74) is 7.16. The van der Waals surface area contributed by atoms with Crippen LogP contribution in [0.5, 0.6) is 0 Å². The van der Waals surface area contributed by atoms with Gasteiger partial charge in [-0.05, 0) is 31.0 Å². The Kier molecular flexibility index (Phi) is 2.67. The molecule has 1 aromatic rings. The smallest absolute Gasteiger partial charge is 0.251 e. The predicted molar refractivity (Wildman–Crippen MR) is 60.0 cm³/mol. The normalized spacial score (nSPS) is 23.7. The molecule has 0 saturated heterocycles. The minimum atomic E-state index is -0.102. The van der Waals surface area contributed by atoms with Crippen LogP contribution >= 0.6 is 11.6 Å². The van der Waals surface area contributed by atoms with Gasteiger partial charge in [-0.25, -0.2) is 0 Å². The molecule has 1 aromatic carbocycles. The van der Waals surface area contributed by atoms with E-state index in [1.54, 1.807) is 12.1 Å². The van der Waals surface area contributed by atoms with E-state index in [0.717, 1.165) is 12.0 Å². The lowest BCUT2D eigenvalue weighted by Crippen LogP contribution is -2.29. The lowest BCUT2D eigenvalue weighted by Gasteiger charge is -2.05. The van der Waals surface area contributed by atoms with Gasteiger partial charge in [0.2, 0.25) is 0 Å². The van der Waals surface area contributed by atoms with E-state index < -0.39 is 0 Å². The van der Waals surface area contributed by atoms with E-state index in [1.165, 1.54) is 0 Å². The molecule has 2 atom stereocenters. The fourth-order valence-electron chi connectivity index (χ4n) is 1.37. The highest BCUT2D eigenvalue weighted by Crippen LogP contribution is 2.20. The molecule has 0 radical (unpaired) electrons. The van der Waals surface area contributed by atoms with E-state index in [-0.39, 0.29) is 18.0 Å². The highest BCUT2D eigenvalue weighted by atomic mass is 35.5. The Balaban J connectivity index is 2.08. The van der Waals surface area contributed by atoms with Crippen LogP contribution in [0, 0.1) is 6.92 Å². The number of nitrogens with two attached hydrogens (primary N) is 1. The molecule has 1 aliphatic rings. The first-order chi connectivity index (χ1) is 7.08. The van der Waals surface area contributed by atoms with Crippen molar-refractivity contribution in [2.75, 3.05) is 0 Å². The Morgan fingerprint density at radius 1 is 1.60 bits per heavy atom. The van der Waals surface area contributed by atoms with Crippen LogP contribution in [0.1, 0.15) is 22.3 Å². The maximum Gasteiger partial charge on any atom is 0.251 e. The van der Waals surface area contributed by atoms with Crippen LogP contribution in [0.2, 0.25) is 5.02 Å². The number of amides is 1. The Labute approximate surface area is 93.6 Å². The number of carbonyl (C=O) groups is 1. The molecule has 2 rings (SSSR count). The van der Waals surface area contributed by atoms with Gasteiger partial charge < -0.3 is 11.1 Å². The fourth-order valence-corrected chi connectivity index (χ4v) is 1.55. The lowest BCUT2D eigenvalue weighted by atomic mass is 10.1. The summed E-state index contributed by atoms with van der Waals surface area (Å²) in [6.07, 6.45) is 0.866. The van der Waals surface area contributed by atoms with Crippen molar-refractivity contribution in [2.24, 2.45) is 5.73 Å². The number of benzene rings is 1. The van der Waals surface area contributed by atoms with E-state index >= 15 is 0 Å². The van der Waals surface area contributed by atoms with Crippen LogP contribution in [-0.2, 0) is 0 Å².